The number of hydrogen-bond donors (Lipinski definition) is 1. The lowest BCUT2D eigenvalue weighted by molar-refractivity contribution is 1.40. The van der Waals surface area contributed by atoms with E-state index >= 15 is 0 Å². The van der Waals surface area contributed by atoms with Crippen molar-refractivity contribution in [2.24, 2.45) is 0 Å². The Morgan fingerprint density at radius 1 is 1.54 bits per heavy atom. The molecule has 0 aliphatic carbocycles. The van der Waals surface area contributed by atoms with E-state index in [9.17, 15) is 0 Å². The molecule has 1 rings (SSSR count). The predicted molar refractivity (Wildman–Crippen MR) is 58.8 cm³/mol. The van der Waals surface area contributed by atoms with Crippen LogP contribution in [0.25, 0.3) is 6.08 Å². The monoisotopic (exact) mass is 189 g/mol. The molecule has 0 aromatic heterocycles. The summed E-state index contributed by atoms with van der Waals surface area (Å²) in [6.07, 6.45) is 4.00. The van der Waals surface area contributed by atoms with Crippen molar-refractivity contribution in [2.75, 3.05) is 5.75 Å². The van der Waals surface area contributed by atoms with Crippen LogP contribution in [0.5, 0.6) is 0 Å². The van der Waals surface area contributed by atoms with Crippen molar-refractivity contribution >= 4 is 18.7 Å². The highest BCUT2D eigenvalue weighted by Gasteiger charge is 1.95. The summed E-state index contributed by atoms with van der Waals surface area (Å²) in [7, 11) is 0. The van der Waals surface area contributed by atoms with Crippen LogP contribution in [0.1, 0.15) is 16.7 Å². The van der Waals surface area contributed by atoms with Crippen molar-refractivity contribution < 1.29 is 0 Å². The first-order valence-electron chi connectivity index (χ1n) is 4.06. The molecule has 0 fully saturated rings. The van der Waals surface area contributed by atoms with Crippen LogP contribution in [0.3, 0.4) is 0 Å². The predicted octanol–water partition coefficient (Wildman–Crippen LogP) is 2.81. The molecule has 1 aromatic carbocycles. The minimum absolute atomic E-state index is 0.709. The number of rotatable bonds is 2. The molecule has 0 atom stereocenters. The van der Waals surface area contributed by atoms with Crippen LogP contribution in [-0.2, 0) is 0 Å². The quantitative estimate of drug-likeness (QED) is 0.711. The molecule has 1 nitrogen and oxygen atoms in total. The molecule has 0 unspecified atom stereocenters. The van der Waals surface area contributed by atoms with Gasteiger partial charge >= 0.3 is 0 Å². The van der Waals surface area contributed by atoms with E-state index in [0.29, 0.717) is 5.56 Å². The molecule has 0 heterocycles. The fraction of sp³-hybridized carbons (Fsp3) is 0.182. The van der Waals surface area contributed by atoms with E-state index in [1.807, 2.05) is 37.3 Å². The number of benzene rings is 1. The van der Waals surface area contributed by atoms with Crippen LogP contribution in [0.15, 0.2) is 24.3 Å². The molecule has 0 spiro atoms. The number of nitriles is 1. The fourth-order valence-corrected chi connectivity index (χ4v) is 1.22. The van der Waals surface area contributed by atoms with Gasteiger partial charge < -0.3 is 0 Å². The van der Waals surface area contributed by atoms with E-state index in [4.69, 9.17) is 5.26 Å². The molecule has 0 saturated heterocycles. The first kappa shape index (κ1) is 9.88. The summed E-state index contributed by atoms with van der Waals surface area (Å²) in [4.78, 5) is 0. The molecule has 13 heavy (non-hydrogen) atoms. The summed E-state index contributed by atoms with van der Waals surface area (Å²) < 4.78 is 0. The van der Waals surface area contributed by atoms with Crippen molar-refractivity contribution in [3.05, 3.63) is 41.0 Å². The van der Waals surface area contributed by atoms with Crippen molar-refractivity contribution in [2.45, 2.75) is 6.92 Å². The third kappa shape index (κ3) is 2.64. The average molecular weight is 189 g/mol. The van der Waals surface area contributed by atoms with Gasteiger partial charge in [-0.25, -0.2) is 0 Å². The van der Waals surface area contributed by atoms with E-state index in [0.717, 1.165) is 16.9 Å². The van der Waals surface area contributed by atoms with Gasteiger partial charge in [0.05, 0.1) is 11.6 Å². The van der Waals surface area contributed by atoms with Gasteiger partial charge in [-0.15, -0.1) is 0 Å². The molecule has 66 valence electrons. The molecule has 0 bridgehead atoms. The van der Waals surface area contributed by atoms with Crippen molar-refractivity contribution in [3.8, 4) is 6.07 Å². The SMILES string of the molecule is Cc1cc(C#N)ccc1C=CCS. The third-order valence-electron chi connectivity index (χ3n) is 1.80. The summed E-state index contributed by atoms with van der Waals surface area (Å²) in [6, 6.07) is 7.78. The van der Waals surface area contributed by atoms with E-state index in [1.54, 1.807) is 0 Å². The van der Waals surface area contributed by atoms with E-state index in [2.05, 4.69) is 18.7 Å². The molecular formula is C11H11NS. The lowest BCUT2D eigenvalue weighted by Gasteiger charge is -1.99. The lowest BCUT2D eigenvalue weighted by atomic mass is 10.1. The van der Waals surface area contributed by atoms with Crippen LogP contribution < -0.4 is 0 Å². The summed E-state index contributed by atoms with van der Waals surface area (Å²) >= 11 is 4.08. The fourth-order valence-electron chi connectivity index (χ4n) is 1.11. The van der Waals surface area contributed by atoms with Crippen molar-refractivity contribution in [3.63, 3.8) is 0 Å². The first-order valence-corrected chi connectivity index (χ1v) is 4.69. The second-order valence-electron chi connectivity index (χ2n) is 2.77. The summed E-state index contributed by atoms with van der Waals surface area (Å²) in [5.41, 5.74) is 2.98. The zero-order chi connectivity index (χ0) is 9.68. The molecule has 0 aliphatic rings. The highest BCUT2D eigenvalue weighted by Crippen LogP contribution is 2.12. The van der Waals surface area contributed by atoms with Gasteiger partial charge in [0.15, 0.2) is 0 Å². The summed E-state index contributed by atoms with van der Waals surface area (Å²) in [5, 5.41) is 8.65. The second kappa shape index (κ2) is 4.74. The number of hydrogen-bond acceptors (Lipinski definition) is 2. The summed E-state index contributed by atoms with van der Waals surface area (Å²) in [6.45, 7) is 2.00. The second-order valence-corrected chi connectivity index (χ2v) is 3.13. The zero-order valence-electron chi connectivity index (χ0n) is 7.49. The minimum Gasteiger partial charge on any atom is -0.192 e. The van der Waals surface area contributed by atoms with Gasteiger partial charge in [0.25, 0.3) is 0 Å². The normalized spacial score (nSPS) is 10.2. The molecular weight excluding hydrogens is 178 g/mol. The highest BCUT2D eigenvalue weighted by atomic mass is 32.1. The molecule has 0 amide bonds. The minimum atomic E-state index is 0.709. The number of aryl methyl sites for hydroxylation is 1. The molecule has 0 radical (unpaired) electrons. The lowest BCUT2D eigenvalue weighted by Crippen LogP contribution is -1.82. The highest BCUT2D eigenvalue weighted by molar-refractivity contribution is 7.80. The van der Waals surface area contributed by atoms with Crippen LogP contribution in [0.2, 0.25) is 0 Å². The van der Waals surface area contributed by atoms with Gasteiger partial charge in [-0.2, -0.15) is 17.9 Å². The van der Waals surface area contributed by atoms with Crippen LogP contribution in [-0.4, -0.2) is 5.75 Å². The number of nitrogens with zero attached hydrogens (tertiary/aromatic N) is 1. The van der Waals surface area contributed by atoms with Gasteiger partial charge in [0.2, 0.25) is 0 Å². The molecule has 2 heteroatoms. The average Bonchev–Trinajstić information content (AvgIpc) is 2.16. The largest absolute Gasteiger partial charge is 0.192 e. The number of thiol groups is 1. The van der Waals surface area contributed by atoms with Gasteiger partial charge in [-0.3, -0.25) is 0 Å². The topological polar surface area (TPSA) is 23.8 Å². The Morgan fingerprint density at radius 2 is 2.31 bits per heavy atom. The Hall–Kier alpha value is -1.20. The van der Waals surface area contributed by atoms with Gasteiger partial charge in [-0.05, 0) is 30.2 Å². The Kier molecular flexibility index (Phi) is 3.60. The Labute approximate surface area is 84.1 Å². The van der Waals surface area contributed by atoms with E-state index < -0.39 is 0 Å². The maximum atomic E-state index is 8.65. The third-order valence-corrected chi connectivity index (χ3v) is 2.01. The van der Waals surface area contributed by atoms with Gasteiger partial charge in [-0.1, -0.05) is 18.2 Å². The molecule has 0 aliphatic heterocycles. The Morgan fingerprint density at radius 3 is 2.85 bits per heavy atom. The molecule has 1 aromatic rings. The first-order chi connectivity index (χ1) is 6.27. The van der Waals surface area contributed by atoms with Crippen molar-refractivity contribution in [1.29, 1.82) is 5.26 Å². The van der Waals surface area contributed by atoms with Crippen LogP contribution in [0, 0.1) is 18.3 Å². The van der Waals surface area contributed by atoms with E-state index in [1.165, 1.54) is 0 Å². The Balaban J connectivity index is 3.00. The molecule has 0 saturated carbocycles. The Bertz CT molecular complexity index is 361. The molecule has 0 N–H and O–H groups in total. The van der Waals surface area contributed by atoms with E-state index in [-0.39, 0.29) is 0 Å². The standard InChI is InChI=1S/C11H11NS/c1-9-7-10(8-12)4-5-11(9)3-2-6-13/h2-5,7,13H,6H2,1H3. The van der Waals surface area contributed by atoms with Gasteiger partial charge in [0, 0.05) is 5.75 Å². The maximum Gasteiger partial charge on any atom is 0.0991 e. The summed E-state index contributed by atoms with van der Waals surface area (Å²) in [5.74, 6) is 0.736. The van der Waals surface area contributed by atoms with Crippen LogP contribution in [0.4, 0.5) is 0 Å². The smallest absolute Gasteiger partial charge is 0.0991 e. The van der Waals surface area contributed by atoms with Gasteiger partial charge in [0.1, 0.15) is 0 Å². The van der Waals surface area contributed by atoms with Crippen LogP contribution >= 0.6 is 12.6 Å². The van der Waals surface area contributed by atoms with Crippen molar-refractivity contribution in [1.82, 2.24) is 0 Å². The zero-order valence-corrected chi connectivity index (χ0v) is 8.38. The maximum absolute atomic E-state index is 8.65.